The van der Waals surface area contributed by atoms with Crippen LogP contribution >= 0.6 is 0 Å². The summed E-state index contributed by atoms with van der Waals surface area (Å²) in [4.78, 5) is 28.6. The Morgan fingerprint density at radius 2 is 2.04 bits per heavy atom. The summed E-state index contributed by atoms with van der Waals surface area (Å²) in [7, 11) is -3.65. The second kappa shape index (κ2) is 7.12. The lowest BCUT2D eigenvalue weighted by Crippen LogP contribution is -2.25. The van der Waals surface area contributed by atoms with Crippen molar-refractivity contribution in [1.82, 2.24) is 4.57 Å². The zero-order valence-corrected chi connectivity index (χ0v) is 15.6. The molecule has 27 heavy (non-hydrogen) atoms. The van der Waals surface area contributed by atoms with Crippen molar-refractivity contribution < 1.29 is 22.2 Å². The Morgan fingerprint density at radius 3 is 2.70 bits per heavy atom. The summed E-state index contributed by atoms with van der Waals surface area (Å²) < 4.78 is 29.3. The minimum absolute atomic E-state index is 0.0320. The molecule has 9 nitrogen and oxygen atoms in total. The predicted octanol–water partition coefficient (Wildman–Crippen LogP) is 0.898. The van der Waals surface area contributed by atoms with E-state index in [1.54, 1.807) is 22.8 Å². The van der Waals surface area contributed by atoms with Crippen LogP contribution in [0.3, 0.4) is 0 Å². The number of aliphatic imine (C=N–C) groups is 1. The van der Waals surface area contributed by atoms with Crippen molar-refractivity contribution in [1.29, 1.82) is 0 Å². The van der Waals surface area contributed by atoms with E-state index in [0.717, 1.165) is 6.26 Å². The van der Waals surface area contributed by atoms with E-state index in [-0.39, 0.29) is 24.0 Å². The third-order valence-corrected chi connectivity index (χ3v) is 4.91. The lowest BCUT2D eigenvalue weighted by atomic mass is 9.99. The van der Waals surface area contributed by atoms with Crippen LogP contribution < -0.4 is 11.5 Å². The molecule has 0 radical (unpaired) electrons. The van der Waals surface area contributed by atoms with Gasteiger partial charge in [0.1, 0.15) is 5.69 Å². The molecule has 3 rings (SSSR count). The van der Waals surface area contributed by atoms with Crippen LogP contribution in [0.4, 0.5) is 0 Å². The van der Waals surface area contributed by atoms with Crippen LogP contribution in [0.25, 0.3) is 10.9 Å². The van der Waals surface area contributed by atoms with Gasteiger partial charge in [-0.2, -0.15) is 13.4 Å². The normalized spacial score (nSPS) is 14.6. The number of nitrogens with zero attached hydrogens (tertiary/aromatic N) is 2. The number of Topliss-reactive ketones (excluding diaryl/α,β-unsaturated/α-hetero) is 1. The molecule has 0 saturated heterocycles. The van der Waals surface area contributed by atoms with E-state index in [0.29, 0.717) is 47.8 Å². The lowest BCUT2D eigenvalue weighted by molar-refractivity contribution is 0.0969. The Hall–Kier alpha value is -2.72. The van der Waals surface area contributed by atoms with Gasteiger partial charge in [0.25, 0.3) is 16.0 Å². The van der Waals surface area contributed by atoms with Crippen LogP contribution in [0, 0.1) is 0 Å². The first-order valence-electron chi connectivity index (χ1n) is 8.34. The number of guanidine groups is 1. The molecule has 1 aliphatic rings. The number of amides is 1. The van der Waals surface area contributed by atoms with Gasteiger partial charge in [0, 0.05) is 23.9 Å². The van der Waals surface area contributed by atoms with Crippen LogP contribution in [0.15, 0.2) is 23.2 Å². The van der Waals surface area contributed by atoms with Crippen LogP contribution in [-0.4, -0.2) is 36.9 Å². The molecular formula is C17H20N4O5S. The SMILES string of the molecule is CS(=O)(=O)OCc1ccc2c3c1cc(C(=O)N=C(N)N)n3CCCCC2=O. The number of carbonyl (C=O) groups excluding carboxylic acids is 2. The fourth-order valence-corrected chi connectivity index (χ4v) is 3.57. The predicted molar refractivity (Wildman–Crippen MR) is 99.9 cm³/mol. The third kappa shape index (κ3) is 4.01. The van der Waals surface area contributed by atoms with Crippen molar-refractivity contribution in [2.75, 3.05) is 6.26 Å². The van der Waals surface area contributed by atoms with Crippen molar-refractivity contribution in [2.24, 2.45) is 16.5 Å². The standard InChI is InChI=1S/C17H20N4O5S/c1-27(24,25)26-9-10-5-6-11-14(22)4-2-3-7-21-13(8-12(10)15(11)21)16(23)20-17(18)19/h5-6,8H,2-4,7,9H2,1H3,(H4,18,19,20,23). The minimum atomic E-state index is -3.65. The maximum Gasteiger partial charge on any atom is 0.296 e. The molecule has 1 amide bonds. The maximum atomic E-state index is 12.5. The van der Waals surface area contributed by atoms with Gasteiger partial charge >= 0.3 is 0 Å². The van der Waals surface area contributed by atoms with Crippen LogP contribution in [-0.2, 0) is 27.5 Å². The molecule has 0 spiro atoms. The molecule has 0 bridgehead atoms. The highest BCUT2D eigenvalue weighted by molar-refractivity contribution is 7.85. The topological polar surface area (TPSA) is 147 Å². The van der Waals surface area contributed by atoms with Crippen molar-refractivity contribution in [2.45, 2.75) is 32.4 Å². The fourth-order valence-electron chi connectivity index (χ4n) is 3.23. The monoisotopic (exact) mass is 392 g/mol. The highest BCUT2D eigenvalue weighted by Crippen LogP contribution is 2.31. The third-order valence-electron chi connectivity index (χ3n) is 4.36. The largest absolute Gasteiger partial charge is 0.370 e. The number of hydrogen-bond donors (Lipinski definition) is 2. The molecule has 0 unspecified atom stereocenters. The lowest BCUT2D eigenvalue weighted by Gasteiger charge is -2.16. The first kappa shape index (κ1) is 19.1. The Balaban J connectivity index is 2.25. The number of nitrogens with two attached hydrogens (primary N) is 2. The molecule has 4 N–H and O–H groups in total. The zero-order chi connectivity index (χ0) is 19.8. The summed E-state index contributed by atoms with van der Waals surface area (Å²) >= 11 is 0. The summed E-state index contributed by atoms with van der Waals surface area (Å²) in [5, 5.41) is 0.570. The quantitative estimate of drug-likeness (QED) is 0.446. The van der Waals surface area contributed by atoms with E-state index in [2.05, 4.69) is 4.99 Å². The molecule has 0 saturated carbocycles. The average Bonchev–Trinajstić information content (AvgIpc) is 2.93. The second-order valence-corrected chi connectivity index (χ2v) is 8.05. The number of benzene rings is 1. The van der Waals surface area contributed by atoms with Crippen LogP contribution in [0.2, 0.25) is 0 Å². The van der Waals surface area contributed by atoms with Gasteiger partial charge in [0.15, 0.2) is 11.7 Å². The smallest absolute Gasteiger partial charge is 0.296 e. The average molecular weight is 392 g/mol. The minimum Gasteiger partial charge on any atom is -0.370 e. The number of rotatable bonds is 4. The zero-order valence-electron chi connectivity index (χ0n) is 14.8. The molecule has 2 aromatic rings. The molecular weight excluding hydrogens is 372 g/mol. The Morgan fingerprint density at radius 1 is 1.30 bits per heavy atom. The van der Waals surface area contributed by atoms with Gasteiger partial charge in [-0.15, -0.1) is 0 Å². The molecule has 10 heteroatoms. The van der Waals surface area contributed by atoms with Gasteiger partial charge in [-0.05, 0) is 30.5 Å². The molecule has 144 valence electrons. The fraction of sp³-hybridized carbons (Fsp3) is 0.353. The molecule has 0 fully saturated rings. The second-order valence-electron chi connectivity index (χ2n) is 6.40. The van der Waals surface area contributed by atoms with E-state index < -0.39 is 16.0 Å². The molecule has 0 aliphatic carbocycles. The molecule has 1 aromatic carbocycles. The summed E-state index contributed by atoms with van der Waals surface area (Å²) in [6.45, 7) is 0.310. The number of ketones is 1. The van der Waals surface area contributed by atoms with Gasteiger partial charge < -0.3 is 16.0 Å². The Kier molecular flexibility index (Phi) is 5.03. The van der Waals surface area contributed by atoms with E-state index in [4.69, 9.17) is 15.7 Å². The summed E-state index contributed by atoms with van der Waals surface area (Å²) in [6.07, 6.45) is 2.78. The van der Waals surface area contributed by atoms with Gasteiger partial charge in [-0.3, -0.25) is 13.8 Å². The summed E-state index contributed by atoms with van der Waals surface area (Å²) in [5.74, 6) is -1.02. The van der Waals surface area contributed by atoms with Gasteiger partial charge in [-0.25, -0.2) is 0 Å². The first-order valence-corrected chi connectivity index (χ1v) is 10.2. The molecule has 1 aromatic heterocycles. The van der Waals surface area contributed by atoms with E-state index in [9.17, 15) is 18.0 Å². The Bertz CT molecular complexity index is 1060. The van der Waals surface area contributed by atoms with Gasteiger partial charge in [-0.1, -0.05) is 6.07 Å². The number of hydrogen-bond acceptors (Lipinski definition) is 5. The molecule has 2 heterocycles. The molecule has 0 atom stereocenters. The van der Waals surface area contributed by atoms with E-state index in [1.165, 1.54) is 0 Å². The van der Waals surface area contributed by atoms with Crippen molar-refractivity contribution in [3.05, 3.63) is 35.0 Å². The van der Waals surface area contributed by atoms with E-state index >= 15 is 0 Å². The Labute approximate surface area is 156 Å². The van der Waals surface area contributed by atoms with Gasteiger partial charge in [0.05, 0.1) is 18.4 Å². The van der Waals surface area contributed by atoms with Crippen molar-refractivity contribution in [3.8, 4) is 0 Å². The van der Waals surface area contributed by atoms with Crippen LogP contribution in [0.1, 0.15) is 45.7 Å². The maximum absolute atomic E-state index is 12.5. The molecule has 1 aliphatic heterocycles. The highest BCUT2D eigenvalue weighted by atomic mass is 32.2. The van der Waals surface area contributed by atoms with Crippen LogP contribution in [0.5, 0.6) is 0 Å². The summed E-state index contributed by atoms with van der Waals surface area (Å²) in [5.41, 5.74) is 12.5. The van der Waals surface area contributed by atoms with Gasteiger partial charge in [0.2, 0.25) is 0 Å². The van der Waals surface area contributed by atoms with E-state index in [1.807, 2.05) is 0 Å². The van der Waals surface area contributed by atoms with Crippen molar-refractivity contribution >= 4 is 38.7 Å². The summed E-state index contributed by atoms with van der Waals surface area (Å²) in [6, 6.07) is 4.86. The number of carbonyl (C=O) groups is 2. The van der Waals surface area contributed by atoms with Crippen molar-refractivity contribution in [3.63, 3.8) is 0 Å². The highest BCUT2D eigenvalue weighted by Gasteiger charge is 2.24. The number of aromatic nitrogens is 1. The first-order chi connectivity index (χ1) is 12.7. The number of aryl methyl sites for hydroxylation is 1.